The molecule has 20 heavy (non-hydrogen) atoms. The molecule has 2 rings (SSSR count). The summed E-state index contributed by atoms with van der Waals surface area (Å²) in [7, 11) is 1.84. The van der Waals surface area contributed by atoms with Gasteiger partial charge in [-0.1, -0.05) is 0 Å². The first-order chi connectivity index (χ1) is 9.41. The van der Waals surface area contributed by atoms with E-state index in [0.717, 1.165) is 25.0 Å². The van der Waals surface area contributed by atoms with E-state index < -0.39 is 11.7 Å². The summed E-state index contributed by atoms with van der Waals surface area (Å²) in [6.07, 6.45) is -2.46. The van der Waals surface area contributed by atoms with Crippen molar-refractivity contribution in [3.05, 3.63) is 35.4 Å². The summed E-state index contributed by atoms with van der Waals surface area (Å²) >= 11 is 0. The van der Waals surface area contributed by atoms with Gasteiger partial charge in [-0.2, -0.15) is 13.2 Å². The van der Waals surface area contributed by atoms with Gasteiger partial charge in [-0.05, 0) is 44.2 Å². The molecule has 0 bridgehead atoms. The third-order valence-corrected chi connectivity index (χ3v) is 3.58. The maximum Gasteiger partial charge on any atom is 0.416 e. The molecule has 1 aliphatic rings. The molecule has 0 saturated carbocycles. The largest absolute Gasteiger partial charge is 0.416 e. The Morgan fingerprint density at radius 1 is 1.30 bits per heavy atom. The zero-order chi connectivity index (χ0) is 14.8. The quantitative estimate of drug-likeness (QED) is 0.906. The molecule has 0 unspecified atom stereocenters. The summed E-state index contributed by atoms with van der Waals surface area (Å²) in [6, 6.07) is 4.64. The molecule has 1 N–H and O–H groups in total. The summed E-state index contributed by atoms with van der Waals surface area (Å²) in [4.78, 5) is 13.9. The van der Waals surface area contributed by atoms with Crippen molar-refractivity contribution in [2.24, 2.45) is 0 Å². The van der Waals surface area contributed by atoms with Gasteiger partial charge >= 0.3 is 6.18 Å². The fourth-order valence-electron chi connectivity index (χ4n) is 2.38. The minimum absolute atomic E-state index is 0.210. The van der Waals surface area contributed by atoms with Crippen molar-refractivity contribution in [2.75, 3.05) is 20.1 Å². The molecule has 1 fully saturated rings. The van der Waals surface area contributed by atoms with Gasteiger partial charge in [-0.15, -0.1) is 0 Å². The van der Waals surface area contributed by atoms with Gasteiger partial charge in [-0.3, -0.25) is 4.79 Å². The first-order valence-electron chi connectivity index (χ1n) is 6.55. The number of nitrogens with zero attached hydrogens (tertiary/aromatic N) is 1. The summed E-state index contributed by atoms with van der Waals surface area (Å²) in [5.41, 5.74) is -0.435. The van der Waals surface area contributed by atoms with Crippen molar-refractivity contribution in [3.63, 3.8) is 0 Å². The Hall–Kier alpha value is -1.56. The molecular weight excluding hydrogens is 269 g/mol. The van der Waals surface area contributed by atoms with Crippen LogP contribution in [0, 0.1) is 0 Å². The number of piperidine rings is 1. The SMILES string of the molecule is CN[C@@H]1CCCN(C(=O)c2ccc(C(F)(F)F)cc2)C1. The molecule has 1 aromatic carbocycles. The van der Waals surface area contributed by atoms with E-state index >= 15 is 0 Å². The summed E-state index contributed by atoms with van der Waals surface area (Å²) < 4.78 is 37.4. The second-order valence-corrected chi connectivity index (χ2v) is 4.95. The van der Waals surface area contributed by atoms with E-state index in [1.54, 1.807) is 4.90 Å². The molecule has 1 atom stereocenters. The molecule has 1 aromatic rings. The highest BCUT2D eigenvalue weighted by Gasteiger charge is 2.30. The summed E-state index contributed by atoms with van der Waals surface area (Å²) in [6.45, 7) is 1.24. The number of hydrogen-bond donors (Lipinski definition) is 1. The lowest BCUT2D eigenvalue weighted by atomic mass is 10.0. The second kappa shape index (κ2) is 5.83. The van der Waals surface area contributed by atoms with Gasteiger partial charge in [-0.25, -0.2) is 0 Å². The van der Waals surface area contributed by atoms with Crippen LogP contribution < -0.4 is 5.32 Å². The fourth-order valence-corrected chi connectivity index (χ4v) is 2.38. The lowest BCUT2D eigenvalue weighted by molar-refractivity contribution is -0.137. The Bertz CT molecular complexity index is 470. The topological polar surface area (TPSA) is 32.3 Å². The Morgan fingerprint density at radius 2 is 1.95 bits per heavy atom. The molecule has 110 valence electrons. The van der Waals surface area contributed by atoms with Gasteiger partial charge in [0.1, 0.15) is 0 Å². The lowest BCUT2D eigenvalue weighted by Crippen LogP contribution is -2.46. The van der Waals surface area contributed by atoms with E-state index in [4.69, 9.17) is 0 Å². The molecular formula is C14H17F3N2O. The minimum Gasteiger partial charge on any atom is -0.337 e. The number of nitrogens with one attached hydrogen (secondary N) is 1. The maximum absolute atomic E-state index is 12.5. The molecule has 0 aliphatic carbocycles. The zero-order valence-electron chi connectivity index (χ0n) is 11.2. The van der Waals surface area contributed by atoms with E-state index in [2.05, 4.69) is 5.32 Å². The third kappa shape index (κ3) is 3.30. The molecule has 1 amide bonds. The Labute approximate surface area is 115 Å². The number of benzene rings is 1. The molecule has 0 aromatic heterocycles. The predicted molar refractivity (Wildman–Crippen MR) is 69.4 cm³/mol. The minimum atomic E-state index is -4.37. The first-order valence-corrected chi connectivity index (χ1v) is 6.55. The van der Waals surface area contributed by atoms with E-state index in [1.165, 1.54) is 12.1 Å². The highest BCUT2D eigenvalue weighted by molar-refractivity contribution is 5.94. The average molecular weight is 286 g/mol. The molecule has 3 nitrogen and oxygen atoms in total. The van der Waals surface area contributed by atoms with Crippen molar-refractivity contribution in [3.8, 4) is 0 Å². The maximum atomic E-state index is 12.5. The van der Waals surface area contributed by atoms with Crippen LogP contribution in [0.15, 0.2) is 24.3 Å². The molecule has 1 aliphatic heterocycles. The van der Waals surface area contributed by atoms with Crippen molar-refractivity contribution >= 4 is 5.91 Å². The molecule has 6 heteroatoms. The van der Waals surface area contributed by atoms with E-state index in [-0.39, 0.29) is 11.9 Å². The second-order valence-electron chi connectivity index (χ2n) is 4.95. The van der Waals surface area contributed by atoms with Crippen LogP contribution in [-0.2, 0) is 6.18 Å². The number of likely N-dealkylation sites (tertiary alicyclic amines) is 1. The number of alkyl halides is 3. The Morgan fingerprint density at radius 3 is 2.50 bits per heavy atom. The Balaban J connectivity index is 2.09. The Kier molecular flexibility index (Phi) is 4.32. The van der Waals surface area contributed by atoms with Crippen LogP contribution in [0.25, 0.3) is 0 Å². The highest BCUT2D eigenvalue weighted by atomic mass is 19.4. The van der Waals surface area contributed by atoms with Crippen LogP contribution in [0.2, 0.25) is 0 Å². The molecule has 1 heterocycles. The number of amides is 1. The van der Waals surface area contributed by atoms with Crippen LogP contribution >= 0.6 is 0 Å². The third-order valence-electron chi connectivity index (χ3n) is 3.58. The zero-order valence-corrected chi connectivity index (χ0v) is 11.2. The van der Waals surface area contributed by atoms with Gasteiger partial charge in [0.05, 0.1) is 5.56 Å². The van der Waals surface area contributed by atoms with Crippen LogP contribution in [-0.4, -0.2) is 37.0 Å². The first kappa shape index (κ1) is 14.8. The predicted octanol–water partition coefficient (Wildman–Crippen LogP) is 2.53. The number of likely N-dealkylation sites (N-methyl/N-ethyl adjacent to an activating group) is 1. The van der Waals surface area contributed by atoms with E-state index in [0.29, 0.717) is 18.7 Å². The van der Waals surface area contributed by atoms with Gasteiger partial charge in [0, 0.05) is 24.7 Å². The van der Waals surface area contributed by atoms with Gasteiger partial charge in [0.2, 0.25) is 0 Å². The fraction of sp³-hybridized carbons (Fsp3) is 0.500. The van der Waals surface area contributed by atoms with Crippen LogP contribution in [0.3, 0.4) is 0 Å². The lowest BCUT2D eigenvalue weighted by Gasteiger charge is -2.32. The normalized spacial score (nSPS) is 20.0. The molecule has 0 radical (unpaired) electrons. The monoisotopic (exact) mass is 286 g/mol. The van der Waals surface area contributed by atoms with Crippen molar-refractivity contribution in [1.82, 2.24) is 10.2 Å². The highest BCUT2D eigenvalue weighted by Crippen LogP contribution is 2.29. The van der Waals surface area contributed by atoms with Gasteiger partial charge in [0.15, 0.2) is 0 Å². The van der Waals surface area contributed by atoms with Crippen molar-refractivity contribution in [1.29, 1.82) is 0 Å². The number of halogens is 3. The van der Waals surface area contributed by atoms with Crippen molar-refractivity contribution < 1.29 is 18.0 Å². The molecule has 0 spiro atoms. The van der Waals surface area contributed by atoms with Crippen LogP contribution in [0.4, 0.5) is 13.2 Å². The number of hydrogen-bond acceptors (Lipinski definition) is 2. The van der Waals surface area contributed by atoms with Gasteiger partial charge < -0.3 is 10.2 Å². The summed E-state index contributed by atoms with van der Waals surface area (Å²) in [5.74, 6) is -0.210. The van der Waals surface area contributed by atoms with Crippen LogP contribution in [0.5, 0.6) is 0 Å². The smallest absolute Gasteiger partial charge is 0.337 e. The van der Waals surface area contributed by atoms with Crippen molar-refractivity contribution in [2.45, 2.75) is 25.1 Å². The van der Waals surface area contributed by atoms with E-state index in [1.807, 2.05) is 7.05 Å². The van der Waals surface area contributed by atoms with Crippen LogP contribution in [0.1, 0.15) is 28.8 Å². The summed E-state index contributed by atoms with van der Waals surface area (Å²) in [5, 5.41) is 3.13. The number of carbonyl (C=O) groups excluding carboxylic acids is 1. The van der Waals surface area contributed by atoms with Gasteiger partial charge in [0.25, 0.3) is 5.91 Å². The van der Waals surface area contributed by atoms with E-state index in [9.17, 15) is 18.0 Å². The standard InChI is InChI=1S/C14H17F3N2O/c1-18-12-3-2-8-19(9-12)13(20)10-4-6-11(7-5-10)14(15,16)17/h4-7,12,18H,2-3,8-9H2,1H3/t12-/m1/s1. The number of carbonyl (C=O) groups is 1. The molecule has 1 saturated heterocycles. The number of rotatable bonds is 2. The average Bonchev–Trinajstić information content (AvgIpc) is 2.46.